The van der Waals surface area contributed by atoms with E-state index in [9.17, 15) is 17.9 Å². The first-order valence-electron chi connectivity index (χ1n) is 9.29. The maximum Gasteiger partial charge on any atom is 0.244 e. The molecule has 2 aromatic carbocycles. The van der Waals surface area contributed by atoms with Gasteiger partial charge < -0.3 is 9.84 Å². The number of benzene rings is 2. The number of halogens is 1. The molecule has 6 nitrogen and oxygen atoms in total. The van der Waals surface area contributed by atoms with Crippen LogP contribution in [0, 0.1) is 5.82 Å². The number of hydrogen-bond donors (Lipinski definition) is 1. The number of rotatable bonds is 6. The van der Waals surface area contributed by atoms with Gasteiger partial charge in [-0.05, 0) is 25.5 Å². The van der Waals surface area contributed by atoms with Crippen molar-refractivity contribution in [2.45, 2.75) is 37.3 Å². The maximum atomic E-state index is 14.9. The molecule has 0 spiro atoms. The normalized spacial score (nSPS) is 24.8. The molecular weight excluding hydrogens is 395 g/mol. The highest BCUT2D eigenvalue weighted by Gasteiger charge is 2.56. The van der Waals surface area contributed by atoms with E-state index in [1.807, 2.05) is 30.3 Å². The van der Waals surface area contributed by atoms with Gasteiger partial charge in [0.05, 0.1) is 19.3 Å². The molecule has 3 unspecified atom stereocenters. The number of aliphatic hydroxyl groups excluding tert-OH is 1. The Balaban J connectivity index is 2.12. The molecule has 3 rings (SSSR count). The molecule has 1 aliphatic rings. The summed E-state index contributed by atoms with van der Waals surface area (Å²) >= 11 is 0. The molecule has 0 bridgehead atoms. The van der Waals surface area contributed by atoms with E-state index in [0.717, 1.165) is 9.87 Å². The van der Waals surface area contributed by atoms with E-state index in [-0.39, 0.29) is 24.6 Å². The highest BCUT2D eigenvalue weighted by molar-refractivity contribution is 7.90. The summed E-state index contributed by atoms with van der Waals surface area (Å²) in [5, 5.41) is 9.06. The van der Waals surface area contributed by atoms with Gasteiger partial charge in [0.2, 0.25) is 10.0 Å². The van der Waals surface area contributed by atoms with Gasteiger partial charge in [-0.3, -0.25) is 9.30 Å². The molecule has 1 N–H and O–H groups in total. The fraction of sp³-hybridized carbons (Fsp3) is 0.381. The summed E-state index contributed by atoms with van der Waals surface area (Å²) in [6.45, 7) is 2.92. The van der Waals surface area contributed by atoms with Crippen LogP contribution in [-0.4, -0.2) is 48.7 Å². The molecular formula is C21H25FN2O4S. The van der Waals surface area contributed by atoms with Crippen molar-refractivity contribution in [1.82, 2.24) is 4.31 Å². The molecule has 0 radical (unpaired) electrons. The number of amidine groups is 1. The molecule has 0 saturated heterocycles. The number of aliphatic hydroxyl groups is 1. The van der Waals surface area contributed by atoms with Crippen molar-refractivity contribution < 1.29 is 22.7 Å². The zero-order chi connectivity index (χ0) is 21.2. The summed E-state index contributed by atoms with van der Waals surface area (Å²) in [6, 6.07) is 15.3. The fourth-order valence-electron chi connectivity index (χ4n) is 3.79. The van der Waals surface area contributed by atoms with Crippen molar-refractivity contribution in [3.63, 3.8) is 0 Å². The van der Waals surface area contributed by atoms with E-state index in [1.165, 1.54) is 32.2 Å². The number of hydrogen-bond acceptors (Lipinski definition) is 5. The van der Waals surface area contributed by atoms with Gasteiger partial charge in [-0.15, -0.1) is 0 Å². The Morgan fingerprint density at radius 1 is 1.21 bits per heavy atom. The largest absolute Gasteiger partial charge is 0.392 e. The van der Waals surface area contributed by atoms with Crippen molar-refractivity contribution >= 4 is 15.9 Å². The standard InChI is InChI=1S/C21H25FN2O4S/c1-15(25)20-21(18-11-7-8-12-19(18)22,23-16(2)24(3)29(20,26)27)14-28-13-17-9-5-4-6-10-17/h4-12,15,20,25H,13-14H2,1-3H3. The summed E-state index contributed by atoms with van der Waals surface area (Å²) in [7, 11) is -2.64. The maximum absolute atomic E-state index is 14.9. The van der Waals surface area contributed by atoms with Gasteiger partial charge in [0.1, 0.15) is 22.4 Å². The van der Waals surface area contributed by atoms with Crippen molar-refractivity contribution in [1.29, 1.82) is 0 Å². The van der Waals surface area contributed by atoms with Crippen molar-refractivity contribution in [3.8, 4) is 0 Å². The molecule has 2 aromatic rings. The molecule has 1 aliphatic heterocycles. The third-order valence-electron chi connectivity index (χ3n) is 5.20. The van der Waals surface area contributed by atoms with Gasteiger partial charge in [0.25, 0.3) is 0 Å². The average Bonchev–Trinajstić information content (AvgIpc) is 2.67. The van der Waals surface area contributed by atoms with Crippen LogP contribution in [0.2, 0.25) is 0 Å². The summed E-state index contributed by atoms with van der Waals surface area (Å²) in [5.41, 5.74) is -0.653. The second-order valence-electron chi connectivity index (χ2n) is 7.22. The Morgan fingerprint density at radius 2 is 1.83 bits per heavy atom. The van der Waals surface area contributed by atoms with Crippen LogP contribution in [0.5, 0.6) is 0 Å². The number of sulfonamides is 1. The summed E-state index contributed by atoms with van der Waals surface area (Å²) in [4.78, 5) is 4.59. The van der Waals surface area contributed by atoms with Gasteiger partial charge in [-0.1, -0.05) is 48.5 Å². The molecule has 0 fully saturated rings. The minimum atomic E-state index is -4.01. The Kier molecular flexibility index (Phi) is 6.07. The lowest BCUT2D eigenvalue weighted by molar-refractivity contribution is 0.0455. The van der Waals surface area contributed by atoms with Crippen molar-refractivity contribution in [2.75, 3.05) is 13.7 Å². The van der Waals surface area contributed by atoms with Crippen LogP contribution >= 0.6 is 0 Å². The smallest absolute Gasteiger partial charge is 0.244 e. The Hall–Kier alpha value is -2.29. The molecule has 1 heterocycles. The third-order valence-corrected chi connectivity index (χ3v) is 7.66. The average molecular weight is 421 g/mol. The SMILES string of the molecule is CC1=NC(COCc2ccccc2)(c2ccccc2F)C(C(C)O)S(=O)(=O)N1C. The number of aliphatic imine (C=N–C) groups is 1. The Bertz CT molecular complexity index is 995. The van der Waals surface area contributed by atoms with Crippen LogP contribution in [0.4, 0.5) is 4.39 Å². The lowest BCUT2D eigenvalue weighted by Crippen LogP contribution is -2.60. The summed E-state index contributed by atoms with van der Waals surface area (Å²) in [5.74, 6) is -0.397. The highest BCUT2D eigenvalue weighted by atomic mass is 32.2. The predicted molar refractivity (Wildman–Crippen MR) is 109 cm³/mol. The first kappa shape index (κ1) is 21.4. The minimum Gasteiger partial charge on any atom is -0.392 e. The highest BCUT2D eigenvalue weighted by Crippen LogP contribution is 2.41. The topological polar surface area (TPSA) is 79.2 Å². The van der Waals surface area contributed by atoms with Crippen LogP contribution in [0.3, 0.4) is 0 Å². The van der Waals surface area contributed by atoms with E-state index in [1.54, 1.807) is 13.0 Å². The van der Waals surface area contributed by atoms with Crippen LogP contribution in [0.25, 0.3) is 0 Å². The molecule has 3 atom stereocenters. The fourth-order valence-corrected chi connectivity index (χ4v) is 5.78. The van der Waals surface area contributed by atoms with Crippen LogP contribution in [0.15, 0.2) is 59.6 Å². The van der Waals surface area contributed by atoms with E-state index >= 15 is 0 Å². The molecule has 0 aliphatic carbocycles. The van der Waals surface area contributed by atoms with Gasteiger partial charge in [0, 0.05) is 12.6 Å². The van der Waals surface area contributed by atoms with Gasteiger partial charge in [-0.25, -0.2) is 12.8 Å². The van der Waals surface area contributed by atoms with E-state index in [4.69, 9.17) is 4.74 Å². The number of ether oxygens (including phenoxy) is 1. The molecule has 0 saturated carbocycles. The Labute approximate surface area is 170 Å². The lowest BCUT2D eigenvalue weighted by Gasteiger charge is -2.44. The quantitative estimate of drug-likeness (QED) is 0.779. The van der Waals surface area contributed by atoms with Gasteiger partial charge >= 0.3 is 0 Å². The second kappa shape index (κ2) is 8.22. The Morgan fingerprint density at radius 3 is 2.45 bits per heavy atom. The molecule has 156 valence electrons. The summed E-state index contributed by atoms with van der Waals surface area (Å²) in [6.07, 6.45) is -1.31. The van der Waals surface area contributed by atoms with Gasteiger partial charge in [-0.2, -0.15) is 0 Å². The van der Waals surface area contributed by atoms with Crippen LogP contribution in [0.1, 0.15) is 25.0 Å². The third kappa shape index (κ3) is 3.92. The molecule has 0 amide bonds. The van der Waals surface area contributed by atoms with E-state index in [0.29, 0.717) is 0 Å². The monoisotopic (exact) mass is 420 g/mol. The first-order valence-corrected chi connectivity index (χ1v) is 10.8. The molecule has 8 heteroatoms. The number of nitrogens with zero attached hydrogens (tertiary/aromatic N) is 2. The van der Waals surface area contributed by atoms with E-state index < -0.39 is 32.7 Å². The molecule has 0 aromatic heterocycles. The second-order valence-corrected chi connectivity index (χ2v) is 9.30. The van der Waals surface area contributed by atoms with Crippen molar-refractivity contribution in [2.24, 2.45) is 4.99 Å². The lowest BCUT2D eigenvalue weighted by atomic mass is 9.84. The minimum absolute atomic E-state index is 0.0787. The van der Waals surface area contributed by atoms with Gasteiger partial charge in [0.15, 0.2) is 0 Å². The van der Waals surface area contributed by atoms with Crippen molar-refractivity contribution in [3.05, 3.63) is 71.5 Å². The zero-order valence-electron chi connectivity index (χ0n) is 16.6. The van der Waals surface area contributed by atoms with E-state index in [2.05, 4.69) is 4.99 Å². The molecule has 29 heavy (non-hydrogen) atoms. The van der Waals surface area contributed by atoms with Crippen LogP contribution < -0.4 is 0 Å². The first-order chi connectivity index (χ1) is 13.7. The predicted octanol–water partition coefficient (Wildman–Crippen LogP) is 2.68. The zero-order valence-corrected chi connectivity index (χ0v) is 17.4. The summed E-state index contributed by atoms with van der Waals surface area (Å²) < 4.78 is 48.2. The van der Waals surface area contributed by atoms with Crippen LogP contribution in [-0.2, 0) is 26.9 Å².